The van der Waals surface area contributed by atoms with E-state index in [4.69, 9.17) is 9.47 Å². The molecule has 0 saturated carbocycles. The van der Waals surface area contributed by atoms with Gasteiger partial charge in [-0.3, -0.25) is 14.6 Å². The number of nitrogens with zero attached hydrogens (tertiary/aromatic N) is 5. The van der Waals surface area contributed by atoms with Crippen molar-refractivity contribution >= 4 is 11.6 Å². The maximum absolute atomic E-state index is 9.40. The Balaban J connectivity index is 1.52. The molecule has 4 heterocycles. The molecule has 0 bridgehead atoms. The lowest BCUT2D eigenvalue weighted by atomic mass is 10.3. The fraction of sp³-hybridized carbons (Fsp3) is 0.182. The van der Waals surface area contributed by atoms with Gasteiger partial charge in [0.25, 0.3) is 0 Å². The van der Waals surface area contributed by atoms with Gasteiger partial charge in [0.1, 0.15) is 17.6 Å². The molecule has 0 unspecified atom stereocenters. The lowest BCUT2D eigenvalue weighted by molar-refractivity contribution is 0.130. The van der Waals surface area contributed by atoms with Crippen LogP contribution in [0.5, 0.6) is 17.2 Å². The molecular weight excluding hydrogens is 396 g/mol. The maximum Gasteiger partial charge on any atom is 0.174 e. The zero-order chi connectivity index (χ0) is 21.5. The first kappa shape index (κ1) is 20.3. The third-order valence-corrected chi connectivity index (χ3v) is 4.22. The number of hydrogen-bond acceptors (Lipinski definition) is 8. The number of rotatable bonds is 9. The lowest BCUT2D eigenvalue weighted by Crippen LogP contribution is -2.17. The topological polar surface area (TPSA) is 107 Å². The summed E-state index contributed by atoms with van der Waals surface area (Å²) < 4.78 is 13.4. The summed E-state index contributed by atoms with van der Waals surface area (Å²) in [6, 6.07) is 12.9. The van der Waals surface area contributed by atoms with Crippen LogP contribution in [-0.2, 0) is 6.54 Å². The molecule has 1 atom stereocenters. The summed E-state index contributed by atoms with van der Waals surface area (Å²) >= 11 is 0. The molecule has 0 saturated heterocycles. The average molecular weight is 418 g/mol. The summed E-state index contributed by atoms with van der Waals surface area (Å²) in [6.07, 6.45) is 8.05. The van der Waals surface area contributed by atoms with Crippen LogP contribution in [0.4, 0.5) is 11.6 Å². The molecular formula is C22H22N6O3. The molecule has 0 radical (unpaired) electrons. The first-order valence-electron chi connectivity index (χ1n) is 9.75. The van der Waals surface area contributed by atoms with Gasteiger partial charge in [0, 0.05) is 30.7 Å². The number of pyridine rings is 3. The molecule has 4 rings (SSSR count). The first-order valence-corrected chi connectivity index (χ1v) is 9.75. The maximum atomic E-state index is 9.40. The van der Waals surface area contributed by atoms with Crippen molar-refractivity contribution < 1.29 is 14.6 Å². The summed E-state index contributed by atoms with van der Waals surface area (Å²) in [5.41, 5.74) is 0.910. The van der Waals surface area contributed by atoms with E-state index in [1.165, 1.54) is 0 Å². The molecule has 9 nitrogen and oxygen atoms in total. The Hall–Kier alpha value is -3.98. The molecule has 0 aliphatic carbocycles. The minimum atomic E-state index is -0.419. The highest BCUT2D eigenvalue weighted by atomic mass is 16.5. The SMILES string of the molecule is C[C@@H](CO)Oc1cc(Oc2cccnc2)cnc1Nc1ccn(Cc2ccccn2)n1. The van der Waals surface area contributed by atoms with Crippen LogP contribution in [0.15, 0.2) is 73.4 Å². The van der Waals surface area contributed by atoms with Gasteiger partial charge in [-0.2, -0.15) is 5.10 Å². The Morgan fingerprint density at radius 3 is 2.77 bits per heavy atom. The smallest absolute Gasteiger partial charge is 0.174 e. The van der Waals surface area contributed by atoms with Crippen molar-refractivity contribution in [3.8, 4) is 17.2 Å². The van der Waals surface area contributed by atoms with E-state index in [1.54, 1.807) is 54.6 Å². The van der Waals surface area contributed by atoms with Crippen molar-refractivity contribution in [3.63, 3.8) is 0 Å². The fourth-order valence-electron chi connectivity index (χ4n) is 2.76. The molecule has 4 aromatic heterocycles. The highest BCUT2D eigenvalue weighted by Gasteiger charge is 2.13. The molecule has 0 aromatic carbocycles. The average Bonchev–Trinajstić information content (AvgIpc) is 3.23. The predicted octanol–water partition coefficient (Wildman–Crippen LogP) is 3.41. The number of hydrogen-bond donors (Lipinski definition) is 2. The Kier molecular flexibility index (Phi) is 6.34. The van der Waals surface area contributed by atoms with Gasteiger partial charge in [0.15, 0.2) is 17.4 Å². The number of nitrogens with one attached hydrogen (secondary N) is 1. The minimum absolute atomic E-state index is 0.133. The Labute approximate surface area is 179 Å². The third kappa shape index (κ3) is 5.55. The van der Waals surface area contributed by atoms with E-state index in [9.17, 15) is 5.11 Å². The van der Waals surface area contributed by atoms with Gasteiger partial charge >= 0.3 is 0 Å². The van der Waals surface area contributed by atoms with Gasteiger partial charge in [0.05, 0.1) is 31.2 Å². The van der Waals surface area contributed by atoms with Gasteiger partial charge in [0.2, 0.25) is 0 Å². The largest absolute Gasteiger partial charge is 0.484 e. The van der Waals surface area contributed by atoms with Crippen LogP contribution in [-0.4, -0.2) is 42.5 Å². The number of anilines is 2. The highest BCUT2D eigenvalue weighted by Crippen LogP contribution is 2.31. The summed E-state index contributed by atoms with van der Waals surface area (Å²) in [4.78, 5) is 12.8. The van der Waals surface area contributed by atoms with Crippen LogP contribution < -0.4 is 14.8 Å². The second-order valence-corrected chi connectivity index (χ2v) is 6.76. The molecule has 0 aliphatic rings. The lowest BCUT2D eigenvalue weighted by Gasteiger charge is -2.16. The standard InChI is InChI=1S/C22H22N6O3/c1-16(15-29)30-20-11-19(31-18-6-4-8-23-12-18)13-25-22(20)26-21-7-10-28(27-21)14-17-5-2-3-9-24-17/h2-13,16,29H,14-15H2,1H3,(H,25,26,27)/t16-/m0/s1. The van der Waals surface area contributed by atoms with Crippen molar-refractivity contribution in [2.45, 2.75) is 19.6 Å². The summed E-state index contributed by atoms with van der Waals surface area (Å²) in [5, 5.41) is 17.1. The van der Waals surface area contributed by atoms with Crippen LogP contribution in [0.25, 0.3) is 0 Å². The Bertz CT molecular complexity index is 1100. The molecule has 0 aliphatic heterocycles. The third-order valence-electron chi connectivity index (χ3n) is 4.22. The monoisotopic (exact) mass is 418 g/mol. The van der Waals surface area contributed by atoms with Crippen molar-refractivity contribution in [3.05, 3.63) is 79.1 Å². The van der Waals surface area contributed by atoms with E-state index >= 15 is 0 Å². The highest BCUT2D eigenvalue weighted by molar-refractivity contribution is 5.60. The second-order valence-electron chi connectivity index (χ2n) is 6.76. The molecule has 9 heteroatoms. The van der Waals surface area contributed by atoms with E-state index in [-0.39, 0.29) is 6.61 Å². The van der Waals surface area contributed by atoms with E-state index < -0.39 is 6.10 Å². The Morgan fingerprint density at radius 2 is 2.00 bits per heavy atom. The number of ether oxygens (including phenoxy) is 2. The zero-order valence-corrected chi connectivity index (χ0v) is 16.9. The normalized spacial score (nSPS) is 11.7. The van der Waals surface area contributed by atoms with Crippen molar-refractivity contribution in [2.75, 3.05) is 11.9 Å². The van der Waals surface area contributed by atoms with Crippen molar-refractivity contribution in [1.29, 1.82) is 0 Å². The van der Waals surface area contributed by atoms with Gasteiger partial charge in [-0.05, 0) is 31.2 Å². The van der Waals surface area contributed by atoms with Gasteiger partial charge in [-0.15, -0.1) is 0 Å². The first-order chi connectivity index (χ1) is 15.2. The molecule has 0 spiro atoms. The quantitative estimate of drug-likeness (QED) is 0.426. The molecule has 4 aromatic rings. The Morgan fingerprint density at radius 1 is 1.06 bits per heavy atom. The van der Waals surface area contributed by atoms with Gasteiger partial charge in [-0.1, -0.05) is 6.07 Å². The van der Waals surface area contributed by atoms with Crippen LogP contribution in [0.3, 0.4) is 0 Å². The van der Waals surface area contributed by atoms with Crippen LogP contribution in [0.2, 0.25) is 0 Å². The zero-order valence-electron chi connectivity index (χ0n) is 16.9. The molecule has 0 fully saturated rings. The number of aliphatic hydroxyl groups is 1. The van der Waals surface area contributed by atoms with Gasteiger partial charge < -0.3 is 19.9 Å². The number of aromatic nitrogens is 5. The van der Waals surface area contributed by atoms with E-state index in [0.717, 1.165) is 5.69 Å². The fourth-order valence-corrected chi connectivity index (χ4v) is 2.76. The minimum Gasteiger partial charge on any atom is -0.484 e. The van der Waals surface area contributed by atoms with Crippen LogP contribution >= 0.6 is 0 Å². The second kappa shape index (κ2) is 9.68. The molecule has 0 amide bonds. The van der Waals surface area contributed by atoms with Crippen LogP contribution in [0.1, 0.15) is 12.6 Å². The van der Waals surface area contributed by atoms with E-state index in [1.807, 2.05) is 30.5 Å². The van der Waals surface area contributed by atoms with Gasteiger partial charge in [-0.25, -0.2) is 4.98 Å². The van der Waals surface area contributed by atoms with E-state index in [2.05, 4.69) is 25.4 Å². The van der Waals surface area contributed by atoms with Crippen molar-refractivity contribution in [1.82, 2.24) is 24.7 Å². The summed E-state index contributed by atoms with van der Waals surface area (Å²) in [7, 11) is 0. The van der Waals surface area contributed by atoms with E-state index in [0.29, 0.717) is 35.4 Å². The molecule has 31 heavy (non-hydrogen) atoms. The summed E-state index contributed by atoms with van der Waals surface area (Å²) in [5.74, 6) is 2.56. The molecule has 2 N–H and O–H groups in total. The number of aliphatic hydroxyl groups excluding tert-OH is 1. The molecule has 158 valence electrons. The summed E-state index contributed by atoms with van der Waals surface area (Å²) in [6.45, 7) is 2.19. The van der Waals surface area contributed by atoms with Crippen LogP contribution in [0, 0.1) is 0 Å². The predicted molar refractivity (Wildman–Crippen MR) is 115 cm³/mol. The van der Waals surface area contributed by atoms with Crippen molar-refractivity contribution in [2.24, 2.45) is 0 Å².